The molecule has 0 aromatic heterocycles. The van der Waals surface area contributed by atoms with Crippen molar-refractivity contribution < 1.29 is 28.6 Å². The van der Waals surface area contributed by atoms with E-state index < -0.39 is 18.0 Å². The van der Waals surface area contributed by atoms with E-state index in [2.05, 4.69) is 0 Å². The van der Waals surface area contributed by atoms with Crippen molar-refractivity contribution in [1.82, 2.24) is 0 Å². The maximum absolute atomic E-state index is 12.6. The van der Waals surface area contributed by atoms with Crippen molar-refractivity contribution in [3.8, 4) is 5.75 Å². The first-order valence-electron chi connectivity index (χ1n) is 8.59. The number of hydrogen-bond donors (Lipinski definition) is 0. The van der Waals surface area contributed by atoms with Gasteiger partial charge in [-0.3, -0.25) is 14.4 Å². The van der Waals surface area contributed by atoms with Gasteiger partial charge >= 0.3 is 11.9 Å². The smallest absolute Gasteiger partial charge is 0.310 e. The number of benzene rings is 1. The molecule has 6 nitrogen and oxygen atoms in total. The van der Waals surface area contributed by atoms with Crippen molar-refractivity contribution in [2.75, 3.05) is 7.11 Å². The Morgan fingerprint density at radius 3 is 2.60 bits per heavy atom. The molecule has 1 saturated heterocycles. The molecule has 6 atom stereocenters. The van der Waals surface area contributed by atoms with E-state index in [1.54, 1.807) is 38.3 Å². The zero-order valence-electron chi connectivity index (χ0n) is 14.1. The first kappa shape index (κ1) is 16.1. The van der Waals surface area contributed by atoms with E-state index in [-0.39, 0.29) is 35.6 Å². The molecule has 3 fully saturated rings. The first-order valence-corrected chi connectivity index (χ1v) is 8.59. The Hall–Kier alpha value is -2.37. The summed E-state index contributed by atoms with van der Waals surface area (Å²) < 4.78 is 15.8. The summed E-state index contributed by atoms with van der Waals surface area (Å²) in [5.41, 5.74) is 0.453. The van der Waals surface area contributed by atoms with E-state index in [4.69, 9.17) is 14.2 Å². The van der Waals surface area contributed by atoms with Crippen LogP contribution in [0, 0.1) is 23.7 Å². The van der Waals surface area contributed by atoms with Crippen molar-refractivity contribution >= 4 is 17.7 Å². The fraction of sp³-hybridized carbons (Fsp3) is 0.526. The molecule has 0 amide bonds. The fourth-order valence-corrected chi connectivity index (χ4v) is 4.62. The molecule has 25 heavy (non-hydrogen) atoms. The van der Waals surface area contributed by atoms with Gasteiger partial charge in [-0.1, -0.05) is 0 Å². The van der Waals surface area contributed by atoms with Gasteiger partial charge in [-0.25, -0.2) is 0 Å². The molecule has 4 rings (SSSR count). The highest BCUT2D eigenvalue weighted by Gasteiger charge is 2.64. The van der Waals surface area contributed by atoms with Crippen LogP contribution in [-0.2, 0) is 19.1 Å². The SMILES string of the molecule is COc1ccc(C(=O)[C@@H](C)OC(=O)[C@H]2[C@@H]3C[C@@H]4[C@@H]2C(=O)O[C@@H]4C3)cc1. The van der Waals surface area contributed by atoms with E-state index in [0.717, 1.165) is 12.8 Å². The van der Waals surface area contributed by atoms with Gasteiger partial charge in [-0.05, 0) is 49.9 Å². The predicted octanol–water partition coefficient (Wildman–Crippen LogP) is 2.01. The maximum Gasteiger partial charge on any atom is 0.310 e. The number of ketones is 1. The Bertz CT molecular complexity index is 722. The highest BCUT2D eigenvalue weighted by molar-refractivity contribution is 6.00. The molecule has 3 aliphatic rings. The summed E-state index contributed by atoms with van der Waals surface area (Å²) >= 11 is 0. The van der Waals surface area contributed by atoms with Gasteiger partial charge in [0.1, 0.15) is 11.9 Å². The van der Waals surface area contributed by atoms with Gasteiger partial charge < -0.3 is 14.2 Å². The zero-order valence-corrected chi connectivity index (χ0v) is 14.1. The van der Waals surface area contributed by atoms with Crippen LogP contribution in [0.1, 0.15) is 30.1 Å². The molecule has 1 heterocycles. The first-order chi connectivity index (χ1) is 12.0. The lowest BCUT2D eigenvalue weighted by molar-refractivity contribution is -0.157. The number of fused-ring (bicyclic) bond motifs is 1. The second-order valence-corrected chi connectivity index (χ2v) is 7.09. The number of Topliss-reactive ketones (excluding diaryl/α,β-unsaturated/α-hetero) is 1. The van der Waals surface area contributed by atoms with Gasteiger partial charge in [-0.2, -0.15) is 0 Å². The summed E-state index contributed by atoms with van der Waals surface area (Å²) in [6, 6.07) is 6.66. The van der Waals surface area contributed by atoms with E-state index in [1.807, 2.05) is 0 Å². The summed E-state index contributed by atoms with van der Waals surface area (Å²) in [4.78, 5) is 37.1. The molecule has 0 N–H and O–H groups in total. The minimum absolute atomic E-state index is 0.0232. The number of rotatable bonds is 5. The maximum atomic E-state index is 12.6. The van der Waals surface area contributed by atoms with Crippen LogP contribution in [0.25, 0.3) is 0 Å². The lowest BCUT2D eigenvalue weighted by atomic mass is 9.80. The third-order valence-electron chi connectivity index (χ3n) is 5.79. The standard InChI is InChI=1S/C19H20O6/c1-9(17(20)10-3-5-12(23-2)6-4-10)24-18(21)15-11-7-13-14(8-11)25-19(22)16(13)15/h3-6,9,11,13-16H,7-8H2,1-2H3/t9-,11-,13+,14-,15+,16+/m1/s1. The Morgan fingerprint density at radius 1 is 1.20 bits per heavy atom. The number of hydrogen-bond acceptors (Lipinski definition) is 6. The Morgan fingerprint density at radius 2 is 1.92 bits per heavy atom. The van der Waals surface area contributed by atoms with Crippen LogP contribution in [-0.4, -0.2) is 37.0 Å². The molecule has 0 unspecified atom stereocenters. The molecule has 1 aliphatic heterocycles. The number of carbonyl (C=O) groups excluding carboxylic acids is 3. The van der Waals surface area contributed by atoms with Crippen molar-refractivity contribution in [1.29, 1.82) is 0 Å². The van der Waals surface area contributed by atoms with Crippen LogP contribution in [0.2, 0.25) is 0 Å². The van der Waals surface area contributed by atoms with Crippen LogP contribution in [0.5, 0.6) is 5.75 Å². The molecular formula is C19H20O6. The molecule has 6 heteroatoms. The molecule has 1 aromatic rings. The Kier molecular flexibility index (Phi) is 3.78. The fourth-order valence-electron chi connectivity index (χ4n) is 4.62. The van der Waals surface area contributed by atoms with Gasteiger partial charge in [0, 0.05) is 11.5 Å². The summed E-state index contributed by atoms with van der Waals surface area (Å²) in [6.45, 7) is 1.56. The van der Waals surface area contributed by atoms with Crippen LogP contribution >= 0.6 is 0 Å². The molecule has 0 radical (unpaired) electrons. The van der Waals surface area contributed by atoms with E-state index in [0.29, 0.717) is 11.3 Å². The summed E-state index contributed by atoms with van der Waals surface area (Å²) in [5, 5.41) is 0. The number of carbonyl (C=O) groups is 3. The number of esters is 2. The van der Waals surface area contributed by atoms with Crippen molar-refractivity contribution in [2.24, 2.45) is 23.7 Å². The van der Waals surface area contributed by atoms with E-state index in [1.165, 1.54) is 0 Å². The van der Waals surface area contributed by atoms with Crippen molar-refractivity contribution in [3.05, 3.63) is 29.8 Å². The van der Waals surface area contributed by atoms with Crippen molar-refractivity contribution in [3.63, 3.8) is 0 Å². The van der Waals surface area contributed by atoms with Gasteiger partial charge in [0.05, 0.1) is 18.9 Å². The normalized spacial score (nSPS) is 33.0. The Labute approximate surface area is 145 Å². The molecule has 2 aliphatic carbocycles. The summed E-state index contributed by atoms with van der Waals surface area (Å²) in [5.74, 6) is -0.953. The van der Waals surface area contributed by atoms with Gasteiger partial charge in [0.25, 0.3) is 0 Å². The van der Waals surface area contributed by atoms with Gasteiger partial charge in [0.15, 0.2) is 6.10 Å². The average molecular weight is 344 g/mol. The minimum Gasteiger partial charge on any atom is -0.497 e. The molecule has 132 valence electrons. The topological polar surface area (TPSA) is 78.9 Å². The summed E-state index contributed by atoms with van der Waals surface area (Å²) in [6.07, 6.45) is 0.646. The van der Waals surface area contributed by atoms with Crippen LogP contribution < -0.4 is 4.74 Å². The highest BCUT2D eigenvalue weighted by Crippen LogP contribution is 2.58. The zero-order chi connectivity index (χ0) is 17.7. The number of methoxy groups -OCH3 is 1. The minimum atomic E-state index is -0.895. The predicted molar refractivity (Wildman–Crippen MR) is 86.0 cm³/mol. The van der Waals surface area contributed by atoms with Crippen LogP contribution in [0.4, 0.5) is 0 Å². The lowest BCUT2D eigenvalue weighted by Gasteiger charge is -2.24. The summed E-state index contributed by atoms with van der Waals surface area (Å²) in [7, 11) is 1.55. The van der Waals surface area contributed by atoms with Gasteiger partial charge in [-0.15, -0.1) is 0 Å². The monoisotopic (exact) mass is 344 g/mol. The lowest BCUT2D eigenvalue weighted by Crippen LogP contribution is -2.36. The Balaban J connectivity index is 1.43. The largest absolute Gasteiger partial charge is 0.497 e. The van der Waals surface area contributed by atoms with Crippen LogP contribution in [0.3, 0.4) is 0 Å². The van der Waals surface area contributed by atoms with Crippen LogP contribution in [0.15, 0.2) is 24.3 Å². The second-order valence-electron chi connectivity index (χ2n) is 7.09. The van der Waals surface area contributed by atoms with E-state index >= 15 is 0 Å². The molecule has 2 saturated carbocycles. The second kappa shape index (κ2) is 5.86. The molecular weight excluding hydrogens is 324 g/mol. The van der Waals surface area contributed by atoms with E-state index in [9.17, 15) is 14.4 Å². The molecule has 1 aromatic carbocycles. The molecule has 0 spiro atoms. The number of ether oxygens (including phenoxy) is 3. The third kappa shape index (κ3) is 2.51. The van der Waals surface area contributed by atoms with Gasteiger partial charge in [0.2, 0.25) is 5.78 Å². The quantitative estimate of drug-likeness (QED) is 0.600. The average Bonchev–Trinajstić information content (AvgIpc) is 3.23. The third-order valence-corrected chi connectivity index (χ3v) is 5.79. The highest BCUT2D eigenvalue weighted by atomic mass is 16.6. The van der Waals surface area contributed by atoms with Crippen molar-refractivity contribution in [2.45, 2.75) is 32.0 Å². The molecule has 2 bridgehead atoms.